The van der Waals surface area contributed by atoms with Crippen LogP contribution in [0.4, 0.5) is 0 Å². The summed E-state index contributed by atoms with van der Waals surface area (Å²) in [6.07, 6.45) is 0. The summed E-state index contributed by atoms with van der Waals surface area (Å²) in [5.74, 6) is 0. The van der Waals surface area contributed by atoms with Crippen molar-refractivity contribution >= 4 is 10.1 Å². The molecule has 4 N–H and O–H groups in total. The zero-order chi connectivity index (χ0) is 9.35. The van der Waals surface area contributed by atoms with Crippen LogP contribution in [-0.4, -0.2) is 13.0 Å². The Kier molecular flexibility index (Phi) is 3.60. The maximum Gasteiger partial charge on any atom is 0.294 e. The van der Waals surface area contributed by atoms with E-state index in [-0.39, 0.29) is 11.0 Å². The van der Waals surface area contributed by atoms with Crippen molar-refractivity contribution < 1.29 is 13.0 Å². The predicted molar refractivity (Wildman–Crippen MR) is 50.8 cm³/mol. The van der Waals surface area contributed by atoms with Crippen LogP contribution in [0.15, 0.2) is 23.1 Å². The van der Waals surface area contributed by atoms with E-state index in [0.717, 1.165) is 5.56 Å². The zero-order valence-corrected chi connectivity index (χ0v) is 8.43. The summed E-state index contributed by atoms with van der Waals surface area (Å²) < 4.78 is 30.2. The number of benzene rings is 1. The van der Waals surface area contributed by atoms with Crippen LogP contribution in [0.1, 0.15) is 11.1 Å². The second-order valence-corrected chi connectivity index (χ2v) is 4.13. The van der Waals surface area contributed by atoms with Crippen LogP contribution in [0.25, 0.3) is 0 Å². The highest BCUT2D eigenvalue weighted by Crippen LogP contribution is 2.15. The Labute approximate surface area is 77.9 Å². The van der Waals surface area contributed by atoms with E-state index >= 15 is 0 Å². The summed E-state index contributed by atoms with van der Waals surface area (Å²) in [5, 5.41) is 0. The van der Waals surface area contributed by atoms with Crippen LogP contribution in [0.5, 0.6) is 0 Å². The van der Waals surface area contributed by atoms with Gasteiger partial charge in [0.15, 0.2) is 0 Å². The highest BCUT2D eigenvalue weighted by Gasteiger charge is 2.11. The maximum absolute atomic E-state index is 10.7. The van der Waals surface area contributed by atoms with Gasteiger partial charge >= 0.3 is 0 Å². The molecular weight excluding hydrogens is 190 g/mol. The second kappa shape index (κ2) is 3.87. The minimum Gasteiger partial charge on any atom is -0.344 e. The Balaban J connectivity index is 0.00000144. The Morgan fingerprint density at radius 3 is 2.15 bits per heavy atom. The van der Waals surface area contributed by atoms with Gasteiger partial charge in [-0.2, -0.15) is 8.42 Å². The molecule has 1 rings (SSSR count). The minimum atomic E-state index is -4.05. The third kappa shape index (κ3) is 2.80. The van der Waals surface area contributed by atoms with Crippen molar-refractivity contribution in [2.45, 2.75) is 18.7 Å². The van der Waals surface area contributed by atoms with Crippen molar-refractivity contribution in [2.24, 2.45) is 0 Å². The van der Waals surface area contributed by atoms with Crippen molar-refractivity contribution in [1.82, 2.24) is 6.15 Å². The summed E-state index contributed by atoms with van der Waals surface area (Å²) in [6, 6.07) is 4.76. The molecule has 1 aromatic carbocycles. The molecule has 0 saturated heterocycles. The molecule has 0 spiro atoms. The molecule has 0 fully saturated rings. The lowest BCUT2D eigenvalue weighted by Crippen LogP contribution is -2.00. The Morgan fingerprint density at radius 1 is 1.23 bits per heavy atom. The van der Waals surface area contributed by atoms with Gasteiger partial charge in [-0.1, -0.05) is 17.7 Å². The molecule has 0 bridgehead atoms. The van der Waals surface area contributed by atoms with Gasteiger partial charge in [0.1, 0.15) is 0 Å². The van der Waals surface area contributed by atoms with Gasteiger partial charge in [-0.25, -0.2) is 0 Å². The topological polar surface area (TPSA) is 89.4 Å². The molecule has 0 aliphatic heterocycles. The molecule has 5 heteroatoms. The van der Waals surface area contributed by atoms with E-state index in [1.807, 2.05) is 6.92 Å². The summed E-state index contributed by atoms with van der Waals surface area (Å²) in [4.78, 5) is -0.0203. The fraction of sp³-hybridized carbons (Fsp3) is 0.250. The van der Waals surface area contributed by atoms with Gasteiger partial charge in [-0.05, 0) is 25.5 Å². The van der Waals surface area contributed by atoms with Gasteiger partial charge in [0.05, 0.1) is 4.90 Å². The average molecular weight is 203 g/mol. The molecular formula is C8H13NO3S. The third-order valence-corrected chi connectivity index (χ3v) is 2.62. The van der Waals surface area contributed by atoms with Crippen molar-refractivity contribution in [3.05, 3.63) is 29.3 Å². The maximum atomic E-state index is 10.7. The summed E-state index contributed by atoms with van der Waals surface area (Å²) in [5.41, 5.74) is 1.54. The molecule has 0 unspecified atom stereocenters. The molecule has 0 aromatic heterocycles. The fourth-order valence-electron chi connectivity index (χ4n) is 1.09. The van der Waals surface area contributed by atoms with E-state index in [1.54, 1.807) is 19.1 Å². The molecule has 0 radical (unpaired) electrons. The lowest BCUT2D eigenvalue weighted by atomic mass is 10.2. The van der Waals surface area contributed by atoms with Gasteiger partial charge in [0.2, 0.25) is 0 Å². The lowest BCUT2D eigenvalue weighted by Gasteiger charge is -2.02. The number of rotatable bonds is 1. The largest absolute Gasteiger partial charge is 0.344 e. The van der Waals surface area contributed by atoms with E-state index in [9.17, 15) is 8.42 Å². The zero-order valence-electron chi connectivity index (χ0n) is 7.61. The van der Waals surface area contributed by atoms with Gasteiger partial charge in [-0.15, -0.1) is 0 Å². The summed E-state index contributed by atoms with van der Waals surface area (Å²) in [6.45, 7) is 3.51. The molecule has 4 nitrogen and oxygen atoms in total. The van der Waals surface area contributed by atoms with Crippen molar-refractivity contribution in [1.29, 1.82) is 0 Å². The molecule has 0 aliphatic carbocycles. The second-order valence-electron chi connectivity index (χ2n) is 2.74. The smallest absolute Gasteiger partial charge is 0.294 e. The van der Waals surface area contributed by atoms with Crippen LogP contribution in [0, 0.1) is 13.8 Å². The standard InChI is InChI=1S/C8H10O3S.H3N/c1-6-3-4-8(7(2)5-6)12(9,10)11;/h3-5H,1-2H3,(H,9,10,11);1H3. The quantitative estimate of drug-likeness (QED) is 0.680. The van der Waals surface area contributed by atoms with E-state index in [0.29, 0.717) is 5.56 Å². The number of aryl methyl sites for hydroxylation is 2. The average Bonchev–Trinajstić information content (AvgIpc) is 1.83. The monoisotopic (exact) mass is 203 g/mol. The lowest BCUT2D eigenvalue weighted by molar-refractivity contribution is 0.482. The van der Waals surface area contributed by atoms with Crippen LogP contribution < -0.4 is 6.15 Å². The van der Waals surface area contributed by atoms with Crippen LogP contribution in [-0.2, 0) is 10.1 Å². The van der Waals surface area contributed by atoms with Crippen LogP contribution >= 0.6 is 0 Å². The van der Waals surface area contributed by atoms with E-state index in [2.05, 4.69) is 0 Å². The molecule has 0 atom stereocenters. The predicted octanol–water partition coefficient (Wildman–Crippen LogP) is 1.71. The van der Waals surface area contributed by atoms with E-state index in [1.165, 1.54) is 6.07 Å². The van der Waals surface area contributed by atoms with Crippen molar-refractivity contribution in [3.8, 4) is 0 Å². The highest BCUT2D eigenvalue weighted by molar-refractivity contribution is 7.85. The first kappa shape index (κ1) is 12.1. The molecule has 0 amide bonds. The van der Waals surface area contributed by atoms with Gasteiger partial charge in [0.25, 0.3) is 10.1 Å². The van der Waals surface area contributed by atoms with Crippen molar-refractivity contribution in [2.75, 3.05) is 0 Å². The first-order valence-electron chi connectivity index (χ1n) is 3.46. The number of hydrogen-bond acceptors (Lipinski definition) is 3. The van der Waals surface area contributed by atoms with Crippen molar-refractivity contribution in [3.63, 3.8) is 0 Å². The molecule has 74 valence electrons. The minimum absolute atomic E-state index is 0. The normalized spacial score (nSPS) is 10.7. The highest BCUT2D eigenvalue weighted by atomic mass is 32.2. The van der Waals surface area contributed by atoms with Gasteiger partial charge < -0.3 is 6.15 Å². The molecule has 0 heterocycles. The molecule has 0 saturated carbocycles. The first-order chi connectivity index (χ1) is 5.41. The number of hydrogen-bond donors (Lipinski definition) is 2. The van der Waals surface area contributed by atoms with Gasteiger partial charge in [0, 0.05) is 0 Å². The van der Waals surface area contributed by atoms with E-state index in [4.69, 9.17) is 4.55 Å². The van der Waals surface area contributed by atoms with Crippen LogP contribution in [0.2, 0.25) is 0 Å². The summed E-state index contributed by atoms with van der Waals surface area (Å²) >= 11 is 0. The molecule has 13 heavy (non-hydrogen) atoms. The molecule has 0 aliphatic rings. The Morgan fingerprint density at radius 2 is 1.77 bits per heavy atom. The Hall–Kier alpha value is -0.910. The fourth-order valence-corrected chi connectivity index (χ4v) is 1.79. The van der Waals surface area contributed by atoms with Crippen LogP contribution in [0.3, 0.4) is 0 Å². The SMILES string of the molecule is Cc1ccc(S(=O)(=O)O)c(C)c1.N. The first-order valence-corrected chi connectivity index (χ1v) is 4.90. The Bertz CT molecular complexity index is 398. The molecule has 1 aromatic rings. The van der Waals surface area contributed by atoms with E-state index < -0.39 is 10.1 Å². The summed E-state index contributed by atoms with van der Waals surface area (Å²) in [7, 11) is -4.05. The van der Waals surface area contributed by atoms with Gasteiger partial charge in [-0.3, -0.25) is 4.55 Å². The third-order valence-electron chi connectivity index (χ3n) is 1.61.